The van der Waals surface area contributed by atoms with Crippen LogP contribution in [0.4, 0.5) is 0 Å². The maximum atomic E-state index is 11.3. The molecule has 13 heavy (non-hydrogen) atoms. The van der Waals surface area contributed by atoms with Crippen molar-refractivity contribution in [1.29, 1.82) is 5.26 Å². The summed E-state index contributed by atoms with van der Waals surface area (Å²) in [4.78, 5) is 15.1. The summed E-state index contributed by atoms with van der Waals surface area (Å²) in [6, 6.07) is 1.68. The van der Waals surface area contributed by atoms with E-state index in [1.165, 1.54) is 11.0 Å². The van der Waals surface area contributed by atoms with Crippen LogP contribution in [0.3, 0.4) is 0 Å². The Kier molecular flexibility index (Phi) is 1.36. The van der Waals surface area contributed by atoms with Gasteiger partial charge in [0, 0.05) is 7.05 Å². The smallest absolute Gasteiger partial charge is 0.264 e. The molecule has 0 spiro atoms. The van der Waals surface area contributed by atoms with Gasteiger partial charge in [0.2, 0.25) is 5.69 Å². The molecule has 0 saturated heterocycles. The SMILES string of the molecule is Cn1nc(C#N)c(=O)n2ncnc12. The highest BCUT2D eigenvalue weighted by atomic mass is 16.1. The Morgan fingerprint density at radius 2 is 2.38 bits per heavy atom. The van der Waals surface area contributed by atoms with E-state index in [9.17, 15) is 4.79 Å². The fourth-order valence-corrected chi connectivity index (χ4v) is 1.01. The summed E-state index contributed by atoms with van der Waals surface area (Å²) in [5.74, 6) is 0.309. The van der Waals surface area contributed by atoms with Gasteiger partial charge >= 0.3 is 5.56 Å². The molecule has 2 rings (SSSR count). The fraction of sp³-hybridized carbons (Fsp3) is 0.167. The summed E-state index contributed by atoms with van der Waals surface area (Å²) in [6.07, 6.45) is 1.24. The summed E-state index contributed by atoms with van der Waals surface area (Å²) in [5, 5.41) is 15.9. The third-order valence-electron chi connectivity index (χ3n) is 1.57. The van der Waals surface area contributed by atoms with Gasteiger partial charge in [-0.3, -0.25) is 4.79 Å². The van der Waals surface area contributed by atoms with Crippen molar-refractivity contribution in [2.45, 2.75) is 0 Å². The first-order valence-electron chi connectivity index (χ1n) is 3.41. The molecule has 0 bridgehead atoms. The van der Waals surface area contributed by atoms with Gasteiger partial charge in [0.05, 0.1) is 0 Å². The molecule has 0 aliphatic rings. The molecule has 0 fully saturated rings. The van der Waals surface area contributed by atoms with Gasteiger partial charge in [-0.2, -0.15) is 19.9 Å². The molecule has 0 unspecified atom stereocenters. The van der Waals surface area contributed by atoms with Crippen molar-refractivity contribution >= 4 is 5.78 Å². The Morgan fingerprint density at radius 3 is 3.08 bits per heavy atom. The molecule has 2 aromatic heterocycles. The summed E-state index contributed by atoms with van der Waals surface area (Å²) in [6.45, 7) is 0. The molecule has 7 heteroatoms. The van der Waals surface area contributed by atoms with Gasteiger partial charge in [-0.15, -0.1) is 5.10 Å². The molecule has 0 amide bonds. The van der Waals surface area contributed by atoms with Gasteiger partial charge in [-0.1, -0.05) is 0 Å². The summed E-state index contributed by atoms with van der Waals surface area (Å²) in [5.41, 5.74) is -0.742. The van der Waals surface area contributed by atoms with E-state index >= 15 is 0 Å². The Bertz CT molecular complexity index is 558. The third-order valence-corrected chi connectivity index (χ3v) is 1.57. The minimum absolute atomic E-state index is 0.194. The van der Waals surface area contributed by atoms with E-state index in [4.69, 9.17) is 5.26 Å². The lowest BCUT2D eigenvalue weighted by Gasteiger charge is -1.97. The van der Waals surface area contributed by atoms with E-state index in [-0.39, 0.29) is 5.69 Å². The monoisotopic (exact) mass is 176 g/mol. The van der Waals surface area contributed by atoms with Gasteiger partial charge in [-0.25, -0.2) is 4.68 Å². The summed E-state index contributed by atoms with van der Waals surface area (Å²) < 4.78 is 2.36. The molecule has 2 heterocycles. The van der Waals surface area contributed by atoms with Crippen molar-refractivity contribution in [2.24, 2.45) is 7.05 Å². The second-order valence-electron chi connectivity index (χ2n) is 2.36. The molecule has 0 atom stereocenters. The van der Waals surface area contributed by atoms with Crippen LogP contribution in [-0.2, 0) is 7.05 Å². The van der Waals surface area contributed by atoms with Gasteiger partial charge in [0.25, 0.3) is 5.78 Å². The zero-order valence-corrected chi connectivity index (χ0v) is 6.67. The topological polar surface area (TPSA) is 88.9 Å². The molecular weight excluding hydrogens is 172 g/mol. The standard InChI is InChI=1S/C6H4N6O/c1-11-6-8-3-9-12(6)5(13)4(2-7)10-11/h3H,1H3. The molecule has 0 radical (unpaired) electrons. The van der Waals surface area contributed by atoms with Crippen molar-refractivity contribution in [1.82, 2.24) is 24.4 Å². The van der Waals surface area contributed by atoms with Gasteiger partial charge in [0.15, 0.2) is 0 Å². The van der Waals surface area contributed by atoms with Crippen molar-refractivity contribution in [3.05, 3.63) is 22.4 Å². The quantitative estimate of drug-likeness (QED) is 0.497. The second kappa shape index (κ2) is 2.38. The van der Waals surface area contributed by atoms with Crippen LogP contribution >= 0.6 is 0 Å². The first-order chi connectivity index (χ1) is 6.24. The first kappa shape index (κ1) is 7.42. The maximum absolute atomic E-state index is 11.3. The molecular formula is C6H4N6O. The van der Waals surface area contributed by atoms with E-state index in [1.54, 1.807) is 13.1 Å². The first-order valence-corrected chi connectivity index (χ1v) is 3.41. The lowest BCUT2D eigenvalue weighted by molar-refractivity contribution is 0.695. The summed E-state index contributed by atoms with van der Waals surface area (Å²) >= 11 is 0. The number of nitrogens with zero attached hydrogens (tertiary/aromatic N) is 6. The van der Waals surface area contributed by atoms with E-state index in [0.717, 1.165) is 4.52 Å². The lowest BCUT2D eigenvalue weighted by atomic mass is 10.5. The number of hydrogen-bond donors (Lipinski definition) is 0. The normalized spacial score (nSPS) is 10.2. The molecule has 64 valence electrons. The van der Waals surface area contributed by atoms with Crippen LogP contribution in [0.2, 0.25) is 0 Å². The average molecular weight is 176 g/mol. The Balaban J connectivity index is 3.05. The van der Waals surface area contributed by atoms with Gasteiger partial charge in [-0.05, 0) is 0 Å². The average Bonchev–Trinajstić information content (AvgIpc) is 2.60. The highest BCUT2D eigenvalue weighted by Gasteiger charge is 2.08. The van der Waals surface area contributed by atoms with E-state index in [1.807, 2.05) is 0 Å². The highest BCUT2D eigenvalue weighted by Crippen LogP contribution is 1.90. The highest BCUT2D eigenvalue weighted by molar-refractivity contribution is 5.27. The van der Waals surface area contributed by atoms with Gasteiger partial charge in [0.1, 0.15) is 12.4 Å². The van der Waals surface area contributed by atoms with Crippen LogP contribution in [0.5, 0.6) is 0 Å². The predicted molar refractivity (Wildman–Crippen MR) is 40.7 cm³/mol. The second-order valence-corrected chi connectivity index (χ2v) is 2.36. The van der Waals surface area contributed by atoms with Crippen LogP contribution in [0.15, 0.2) is 11.1 Å². The molecule has 0 aliphatic carbocycles. The maximum Gasteiger partial charge on any atom is 0.312 e. The largest absolute Gasteiger partial charge is 0.312 e. The van der Waals surface area contributed by atoms with Crippen LogP contribution in [0.25, 0.3) is 5.78 Å². The Hall–Kier alpha value is -2.23. The fourth-order valence-electron chi connectivity index (χ4n) is 1.01. The Morgan fingerprint density at radius 1 is 1.62 bits per heavy atom. The van der Waals surface area contributed by atoms with E-state index in [0.29, 0.717) is 5.78 Å². The predicted octanol–water partition coefficient (Wildman–Crippen LogP) is -1.31. The number of nitriles is 1. The number of fused-ring (bicyclic) bond motifs is 1. The third kappa shape index (κ3) is 0.888. The zero-order valence-electron chi connectivity index (χ0n) is 6.67. The van der Waals surface area contributed by atoms with Crippen LogP contribution in [0, 0.1) is 11.3 Å². The summed E-state index contributed by atoms with van der Waals surface area (Å²) in [7, 11) is 1.59. The zero-order chi connectivity index (χ0) is 9.42. The molecule has 0 aromatic carbocycles. The molecule has 0 N–H and O–H groups in total. The molecule has 2 aromatic rings. The lowest BCUT2D eigenvalue weighted by Crippen LogP contribution is -2.23. The minimum atomic E-state index is -0.548. The number of rotatable bonds is 0. The van der Waals surface area contributed by atoms with Gasteiger partial charge < -0.3 is 0 Å². The molecule has 0 saturated carbocycles. The number of hydrogen-bond acceptors (Lipinski definition) is 5. The number of aryl methyl sites for hydroxylation is 1. The van der Waals surface area contributed by atoms with E-state index < -0.39 is 5.56 Å². The number of aromatic nitrogens is 5. The molecule has 7 nitrogen and oxygen atoms in total. The van der Waals surface area contributed by atoms with Crippen molar-refractivity contribution in [2.75, 3.05) is 0 Å². The van der Waals surface area contributed by atoms with Crippen LogP contribution < -0.4 is 5.56 Å². The minimum Gasteiger partial charge on any atom is -0.264 e. The van der Waals surface area contributed by atoms with Crippen molar-refractivity contribution in [3.8, 4) is 6.07 Å². The molecule has 0 aliphatic heterocycles. The van der Waals surface area contributed by atoms with Crippen molar-refractivity contribution in [3.63, 3.8) is 0 Å². The van der Waals surface area contributed by atoms with Crippen LogP contribution in [0.1, 0.15) is 5.69 Å². The Labute approximate surface area is 71.9 Å². The van der Waals surface area contributed by atoms with E-state index in [2.05, 4.69) is 15.2 Å². The van der Waals surface area contributed by atoms with Crippen molar-refractivity contribution < 1.29 is 0 Å². The van der Waals surface area contributed by atoms with Crippen LogP contribution in [-0.4, -0.2) is 24.4 Å².